The summed E-state index contributed by atoms with van der Waals surface area (Å²) in [6.07, 6.45) is 6.30. The van der Waals surface area contributed by atoms with Crippen LogP contribution in [-0.4, -0.2) is 11.0 Å². The fourth-order valence-corrected chi connectivity index (χ4v) is 2.51. The van der Waals surface area contributed by atoms with Crippen LogP contribution in [0.2, 0.25) is 0 Å². The molecule has 3 heteroatoms. The van der Waals surface area contributed by atoms with Crippen LogP contribution in [0.5, 0.6) is 0 Å². The fraction of sp³-hybridized carbons (Fsp3) is 0.500. The number of hydrogen-bond donors (Lipinski definition) is 1. The molecule has 2 aliphatic rings. The van der Waals surface area contributed by atoms with Crippen molar-refractivity contribution < 1.29 is 4.39 Å². The van der Waals surface area contributed by atoms with Gasteiger partial charge in [0, 0.05) is 23.8 Å². The second-order valence-electron chi connectivity index (χ2n) is 3.89. The third kappa shape index (κ3) is 1.000. The Hall–Kier alpha value is -0.960. The lowest BCUT2D eigenvalue weighted by atomic mass is 9.97. The van der Waals surface area contributed by atoms with Gasteiger partial charge in [0.15, 0.2) is 0 Å². The number of nitrogens with one attached hydrogen (secondary N) is 1. The zero-order valence-electron chi connectivity index (χ0n) is 7.26. The zero-order chi connectivity index (χ0) is 8.84. The third-order valence-corrected chi connectivity index (χ3v) is 3.08. The molecular weight excluding hydrogens is 167 g/mol. The summed E-state index contributed by atoms with van der Waals surface area (Å²) in [7, 11) is 0. The molecule has 3 rings (SSSR count). The summed E-state index contributed by atoms with van der Waals surface area (Å²) < 4.78 is 13.4. The van der Waals surface area contributed by atoms with Gasteiger partial charge in [0.05, 0.1) is 6.20 Å². The molecule has 2 aliphatic heterocycles. The SMILES string of the molecule is Fc1cncc2c1[C@H]1CC[C@@H](C2)N1. The molecule has 0 aromatic carbocycles. The van der Waals surface area contributed by atoms with E-state index in [2.05, 4.69) is 10.3 Å². The van der Waals surface area contributed by atoms with Crippen LogP contribution in [0, 0.1) is 5.82 Å². The predicted molar refractivity (Wildman–Crippen MR) is 46.8 cm³/mol. The topological polar surface area (TPSA) is 24.9 Å². The number of nitrogens with zero attached hydrogens (tertiary/aromatic N) is 1. The van der Waals surface area contributed by atoms with E-state index in [1.165, 1.54) is 12.6 Å². The van der Waals surface area contributed by atoms with Gasteiger partial charge in [0.2, 0.25) is 0 Å². The normalized spacial score (nSPS) is 30.2. The van der Waals surface area contributed by atoms with Gasteiger partial charge in [0.1, 0.15) is 5.82 Å². The highest BCUT2D eigenvalue weighted by Gasteiger charge is 2.33. The largest absolute Gasteiger partial charge is 0.307 e. The third-order valence-electron chi connectivity index (χ3n) is 3.08. The molecule has 0 saturated carbocycles. The maximum atomic E-state index is 13.4. The molecule has 1 aromatic rings. The van der Waals surface area contributed by atoms with E-state index in [9.17, 15) is 4.39 Å². The maximum absolute atomic E-state index is 13.4. The molecule has 68 valence electrons. The Morgan fingerprint density at radius 3 is 3.23 bits per heavy atom. The van der Waals surface area contributed by atoms with Crippen molar-refractivity contribution in [2.75, 3.05) is 0 Å². The molecule has 0 unspecified atom stereocenters. The average Bonchev–Trinajstić information content (AvgIpc) is 2.48. The predicted octanol–water partition coefficient (Wildman–Crippen LogP) is 1.57. The van der Waals surface area contributed by atoms with Crippen LogP contribution in [0.25, 0.3) is 0 Å². The summed E-state index contributed by atoms with van der Waals surface area (Å²) in [4.78, 5) is 3.89. The Kier molecular flexibility index (Phi) is 1.44. The summed E-state index contributed by atoms with van der Waals surface area (Å²) in [5.41, 5.74) is 1.97. The van der Waals surface area contributed by atoms with Crippen LogP contribution in [0.4, 0.5) is 4.39 Å². The van der Waals surface area contributed by atoms with Gasteiger partial charge < -0.3 is 5.32 Å². The smallest absolute Gasteiger partial charge is 0.146 e. The highest BCUT2D eigenvalue weighted by Crippen LogP contribution is 2.36. The number of pyridine rings is 1. The Bertz CT molecular complexity index is 351. The van der Waals surface area contributed by atoms with Gasteiger partial charge in [-0.1, -0.05) is 0 Å². The molecule has 2 nitrogen and oxygen atoms in total. The molecule has 0 spiro atoms. The molecule has 3 heterocycles. The Morgan fingerprint density at radius 2 is 2.31 bits per heavy atom. The average molecular weight is 178 g/mol. The number of aromatic nitrogens is 1. The van der Waals surface area contributed by atoms with Gasteiger partial charge in [-0.05, 0) is 24.8 Å². The molecular formula is C10H11FN2. The van der Waals surface area contributed by atoms with Crippen LogP contribution in [0.1, 0.15) is 30.0 Å². The lowest BCUT2D eigenvalue weighted by Crippen LogP contribution is -2.32. The fourth-order valence-electron chi connectivity index (χ4n) is 2.51. The summed E-state index contributed by atoms with van der Waals surface area (Å²) in [6.45, 7) is 0. The van der Waals surface area contributed by atoms with Crippen LogP contribution in [0.15, 0.2) is 12.4 Å². The van der Waals surface area contributed by atoms with Crippen molar-refractivity contribution >= 4 is 0 Å². The van der Waals surface area contributed by atoms with Crippen LogP contribution in [0.3, 0.4) is 0 Å². The minimum Gasteiger partial charge on any atom is -0.307 e. The number of rotatable bonds is 0. The Labute approximate surface area is 76.2 Å². The molecule has 0 radical (unpaired) electrons. The molecule has 2 atom stereocenters. The van der Waals surface area contributed by atoms with Crippen LogP contribution < -0.4 is 5.32 Å². The molecule has 2 bridgehead atoms. The number of halogens is 1. The van der Waals surface area contributed by atoms with Crippen molar-refractivity contribution in [2.45, 2.75) is 31.3 Å². The monoisotopic (exact) mass is 178 g/mol. The number of fused-ring (bicyclic) bond motifs is 4. The van der Waals surface area contributed by atoms with E-state index in [-0.39, 0.29) is 11.9 Å². The van der Waals surface area contributed by atoms with Gasteiger partial charge in [-0.25, -0.2) is 4.39 Å². The van der Waals surface area contributed by atoms with Gasteiger partial charge in [0.25, 0.3) is 0 Å². The van der Waals surface area contributed by atoms with Crippen molar-refractivity contribution in [3.8, 4) is 0 Å². The van der Waals surface area contributed by atoms with Crippen molar-refractivity contribution in [2.24, 2.45) is 0 Å². The lowest BCUT2D eigenvalue weighted by molar-refractivity contribution is 0.482. The minimum absolute atomic E-state index is 0.143. The highest BCUT2D eigenvalue weighted by molar-refractivity contribution is 5.33. The van der Waals surface area contributed by atoms with Crippen molar-refractivity contribution in [3.63, 3.8) is 0 Å². The molecule has 1 aromatic heterocycles. The first-order chi connectivity index (χ1) is 6.34. The summed E-state index contributed by atoms with van der Waals surface area (Å²) in [5.74, 6) is -0.143. The number of hydrogen-bond acceptors (Lipinski definition) is 2. The second kappa shape index (κ2) is 2.51. The van der Waals surface area contributed by atoms with Gasteiger partial charge in [-0.2, -0.15) is 0 Å². The molecule has 1 N–H and O–H groups in total. The first-order valence-electron chi connectivity index (χ1n) is 4.73. The van der Waals surface area contributed by atoms with Crippen molar-refractivity contribution in [1.82, 2.24) is 10.3 Å². The molecule has 0 aliphatic carbocycles. The van der Waals surface area contributed by atoms with E-state index in [1.54, 1.807) is 0 Å². The molecule has 13 heavy (non-hydrogen) atoms. The Morgan fingerprint density at radius 1 is 1.38 bits per heavy atom. The maximum Gasteiger partial charge on any atom is 0.146 e. The summed E-state index contributed by atoms with van der Waals surface area (Å²) in [6, 6.07) is 0.804. The summed E-state index contributed by atoms with van der Waals surface area (Å²) in [5, 5.41) is 3.42. The van der Waals surface area contributed by atoms with E-state index in [4.69, 9.17) is 0 Å². The standard InChI is InChI=1S/C10H11FN2/c11-8-5-12-4-6-3-7-1-2-9(13-7)10(6)8/h4-5,7,9,13H,1-3H2/t7-,9+/m0/s1. The minimum atomic E-state index is -0.143. The zero-order valence-corrected chi connectivity index (χ0v) is 7.26. The first kappa shape index (κ1) is 7.44. The first-order valence-corrected chi connectivity index (χ1v) is 4.73. The van der Waals surface area contributed by atoms with E-state index >= 15 is 0 Å². The molecule has 1 saturated heterocycles. The van der Waals surface area contributed by atoms with Gasteiger partial charge in [-0.15, -0.1) is 0 Å². The van der Waals surface area contributed by atoms with E-state index in [0.717, 1.165) is 24.0 Å². The van der Waals surface area contributed by atoms with Crippen molar-refractivity contribution in [1.29, 1.82) is 0 Å². The lowest BCUT2D eigenvalue weighted by Gasteiger charge is -2.24. The van der Waals surface area contributed by atoms with Crippen LogP contribution in [-0.2, 0) is 6.42 Å². The van der Waals surface area contributed by atoms with Gasteiger partial charge in [-0.3, -0.25) is 4.98 Å². The van der Waals surface area contributed by atoms with Crippen molar-refractivity contribution in [3.05, 3.63) is 29.3 Å². The Balaban J connectivity index is 2.17. The highest BCUT2D eigenvalue weighted by atomic mass is 19.1. The quantitative estimate of drug-likeness (QED) is 0.652. The van der Waals surface area contributed by atoms with Gasteiger partial charge >= 0.3 is 0 Å². The second-order valence-corrected chi connectivity index (χ2v) is 3.89. The van der Waals surface area contributed by atoms with Crippen LogP contribution >= 0.6 is 0 Å². The van der Waals surface area contributed by atoms with E-state index in [1.807, 2.05) is 6.20 Å². The molecule has 0 amide bonds. The summed E-state index contributed by atoms with van der Waals surface area (Å²) >= 11 is 0. The van der Waals surface area contributed by atoms with E-state index in [0.29, 0.717) is 6.04 Å². The van der Waals surface area contributed by atoms with E-state index < -0.39 is 0 Å². The molecule has 1 fully saturated rings.